The first-order valence-corrected chi connectivity index (χ1v) is 5.64. The predicted octanol–water partition coefficient (Wildman–Crippen LogP) is -0.147. The van der Waals surface area contributed by atoms with Crippen molar-refractivity contribution in [2.45, 2.75) is 26.2 Å². The molecule has 0 aliphatic carbocycles. The summed E-state index contributed by atoms with van der Waals surface area (Å²) in [7, 11) is 0. The average molecular weight is 225 g/mol. The van der Waals surface area contributed by atoms with Gasteiger partial charge in [0.1, 0.15) is 12.2 Å². The standard InChI is InChI=1S/C10H19N5O/c1-2-11-7-5-10(16)12-6-3-4-9-13-8-14-15-9/h8,11H,2-7H2,1H3,(H,12,16)(H,13,14,15). The first-order valence-electron chi connectivity index (χ1n) is 5.64. The zero-order chi connectivity index (χ0) is 11.6. The van der Waals surface area contributed by atoms with Crippen LogP contribution in [0.3, 0.4) is 0 Å². The van der Waals surface area contributed by atoms with Crippen LogP contribution in [-0.2, 0) is 11.2 Å². The molecule has 0 aliphatic rings. The van der Waals surface area contributed by atoms with E-state index in [0.29, 0.717) is 13.0 Å². The highest BCUT2D eigenvalue weighted by Crippen LogP contribution is 1.91. The van der Waals surface area contributed by atoms with Crippen molar-refractivity contribution in [3.05, 3.63) is 12.2 Å². The zero-order valence-electron chi connectivity index (χ0n) is 9.62. The van der Waals surface area contributed by atoms with Crippen LogP contribution in [-0.4, -0.2) is 40.7 Å². The van der Waals surface area contributed by atoms with E-state index in [-0.39, 0.29) is 5.91 Å². The number of H-pyrrole nitrogens is 1. The van der Waals surface area contributed by atoms with E-state index in [1.165, 1.54) is 6.33 Å². The molecule has 0 spiro atoms. The molecular weight excluding hydrogens is 206 g/mol. The number of rotatable bonds is 8. The largest absolute Gasteiger partial charge is 0.356 e. The van der Waals surface area contributed by atoms with Gasteiger partial charge < -0.3 is 10.6 Å². The molecule has 6 nitrogen and oxygen atoms in total. The molecule has 0 bridgehead atoms. The summed E-state index contributed by atoms with van der Waals surface area (Å²) in [6.07, 6.45) is 3.72. The zero-order valence-corrected chi connectivity index (χ0v) is 9.62. The molecule has 1 aromatic heterocycles. The van der Waals surface area contributed by atoms with Crippen LogP contribution in [0.4, 0.5) is 0 Å². The Hall–Kier alpha value is -1.43. The molecular formula is C10H19N5O. The highest BCUT2D eigenvalue weighted by atomic mass is 16.1. The highest BCUT2D eigenvalue weighted by molar-refractivity contribution is 5.75. The quantitative estimate of drug-likeness (QED) is 0.537. The Bertz CT molecular complexity index is 285. The summed E-state index contributed by atoms with van der Waals surface area (Å²) in [5.74, 6) is 0.959. The van der Waals surface area contributed by atoms with Gasteiger partial charge in [-0.3, -0.25) is 9.89 Å². The number of nitrogens with one attached hydrogen (secondary N) is 3. The Balaban J connectivity index is 1.96. The Morgan fingerprint density at radius 2 is 2.38 bits per heavy atom. The van der Waals surface area contributed by atoms with Crippen molar-refractivity contribution in [3.8, 4) is 0 Å². The van der Waals surface area contributed by atoms with E-state index in [1.807, 2.05) is 6.92 Å². The van der Waals surface area contributed by atoms with Gasteiger partial charge >= 0.3 is 0 Å². The van der Waals surface area contributed by atoms with Gasteiger partial charge in [0, 0.05) is 25.9 Å². The fourth-order valence-corrected chi connectivity index (χ4v) is 1.30. The number of carbonyl (C=O) groups excluding carboxylic acids is 1. The Kier molecular flexibility index (Phi) is 6.17. The number of hydrogen-bond acceptors (Lipinski definition) is 4. The molecule has 1 amide bonds. The maximum Gasteiger partial charge on any atom is 0.221 e. The van der Waals surface area contributed by atoms with Gasteiger partial charge in [-0.1, -0.05) is 6.92 Å². The number of carbonyl (C=O) groups is 1. The minimum atomic E-state index is 0.0959. The van der Waals surface area contributed by atoms with Gasteiger partial charge in [0.05, 0.1) is 0 Å². The van der Waals surface area contributed by atoms with Crippen molar-refractivity contribution in [2.24, 2.45) is 0 Å². The summed E-state index contributed by atoms with van der Waals surface area (Å²) >= 11 is 0. The molecule has 3 N–H and O–H groups in total. The lowest BCUT2D eigenvalue weighted by Crippen LogP contribution is -2.28. The Morgan fingerprint density at radius 1 is 1.50 bits per heavy atom. The van der Waals surface area contributed by atoms with E-state index in [2.05, 4.69) is 25.8 Å². The van der Waals surface area contributed by atoms with E-state index >= 15 is 0 Å². The summed E-state index contributed by atoms with van der Waals surface area (Å²) < 4.78 is 0. The molecule has 0 atom stereocenters. The second-order valence-corrected chi connectivity index (χ2v) is 3.49. The second-order valence-electron chi connectivity index (χ2n) is 3.49. The third-order valence-corrected chi connectivity index (χ3v) is 2.16. The van der Waals surface area contributed by atoms with Crippen LogP contribution in [0.1, 0.15) is 25.6 Å². The van der Waals surface area contributed by atoms with Crippen molar-refractivity contribution in [1.29, 1.82) is 0 Å². The molecule has 0 aliphatic heterocycles. The van der Waals surface area contributed by atoms with Crippen LogP contribution in [0.2, 0.25) is 0 Å². The van der Waals surface area contributed by atoms with Crippen molar-refractivity contribution in [1.82, 2.24) is 25.8 Å². The average Bonchev–Trinajstić information content (AvgIpc) is 2.78. The van der Waals surface area contributed by atoms with Crippen LogP contribution in [0.25, 0.3) is 0 Å². The van der Waals surface area contributed by atoms with E-state index in [4.69, 9.17) is 0 Å². The minimum absolute atomic E-state index is 0.0959. The Labute approximate surface area is 95.2 Å². The fourth-order valence-electron chi connectivity index (χ4n) is 1.30. The van der Waals surface area contributed by atoms with Crippen LogP contribution >= 0.6 is 0 Å². The SMILES string of the molecule is CCNCCC(=O)NCCCc1ncn[nH]1. The van der Waals surface area contributed by atoms with Gasteiger partial charge in [0.15, 0.2) is 0 Å². The van der Waals surface area contributed by atoms with Gasteiger partial charge in [-0.25, -0.2) is 4.98 Å². The lowest BCUT2D eigenvalue weighted by molar-refractivity contribution is -0.120. The normalized spacial score (nSPS) is 10.3. The Morgan fingerprint density at radius 3 is 3.06 bits per heavy atom. The number of aromatic amines is 1. The molecule has 0 saturated carbocycles. The number of amides is 1. The lowest BCUT2D eigenvalue weighted by atomic mass is 10.3. The molecule has 6 heteroatoms. The maximum atomic E-state index is 11.3. The first kappa shape index (κ1) is 12.6. The van der Waals surface area contributed by atoms with E-state index in [9.17, 15) is 4.79 Å². The van der Waals surface area contributed by atoms with Gasteiger partial charge in [0.25, 0.3) is 0 Å². The third-order valence-electron chi connectivity index (χ3n) is 2.16. The molecule has 0 unspecified atom stereocenters. The molecule has 0 radical (unpaired) electrons. The van der Waals surface area contributed by atoms with Crippen LogP contribution in [0, 0.1) is 0 Å². The van der Waals surface area contributed by atoms with Crippen molar-refractivity contribution in [3.63, 3.8) is 0 Å². The van der Waals surface area contributed by atoms with Crippen LogP contribution in [0.15, 0.2) is 6.33 Å². The van der Waals surface area contributed by atoms with Gasteiger partial charge in [0.2, 0.25) is 5.91 Å². The topological polar surface area (TPSA) is 82.7 Å². The van der Waals surface area contributed by atoms with Crippen molar-refractivity contribution >= 4 is 5.91 Å². The summed E-state index contributed by atoms with van der Waals surface area (Å²) in [5, 5.41) is 12.5. The van der Waals surface area contributed by atoms with E-state index in [0.717, 1.165) is 31.8 Å². The smallest absolute Gasteiger partial charge is 0.221 e. The molecule has 0 fully saturated rings. The van der Waals surface area contributed by atoms with Crippen LogP contribution in [0.5, 0.6) is 0 Å². The monoisotopic (exact) mass is 225 g/mol. The summed E-state index contributed by atoms with van der Waals surface area (Å²) in [5.41, 5.74) is 0. The third kappa shape index (κ3) is 5.45. The highest BCUT2D eigenvalue weighted by Gasteiger charge is 2.00. The maximum absolute atomic E-state index is 11.3. The molecule has 90 valence electrons. The molecule has 0 aromatic carbocycles. The molecule has 1 aromatic rings. The lowest BCUT2D eigenvalue weighted by Gasteiger charge is -2.04. The van der Waals surface area contributed by atoms with E-state index < -0.39 is 0 Å². The minimum Gasteiger partial charge on any atom is -0.356 e. The second kappa shape index (κ2) is 7.81. The van der Waals surface area contributed by atoms with Gasteiger partial charge in [-0.15, -0.1) is 0 Å². The van der Waals surface area contributed by atoms with E-state index in [1.54, 1.807) is 0 Å². The van der Waals surface area contributed by atoms with Crippen LogP contribution < -0.4 is 10.6 Å². The number of nitrogens with zero attached hydrogens (tertiary/aromatic N) is 2. The van der Waals surface area contributed by atoms with Crippen molar-refractivity contribution in [2.75, 3.05) is 19.6 Å². The summed E-state index contributed by atoms with van der Waals surface area (Å²) in [6.45, 7) is 4.35. The fraction of sp³-hybridized carbons (Fsp3) is 0.700. The predicted molar refractivity (Wildman–Crippen MR) is 60.9 cm³/mol. The molecule has 16 heavy (non-hydrogen) atoms. The molecule has 1 rings (SSSR count). The molecule has 0 saturated heterocycles. The van der Waals surface area contributed by atoms with Gasteiger partial charge in [-0.05, 0) is 13.0 Å². The number of aromatic nitrogens is 3. The van der Waals surface area contributed by atoms with Gasteiger partial charge in [-0.2, -0.15) is 5.10 Å². The first-order chi connectivity index (χ1) is 7.83. The number of hydrogen-bond donors (Lipinski definition) is 3. The summed E-state index contributed by atoms with van der Waals surface area (Å²) in [6, 6.07) is 0. The molecule has 1 heterocycles. The number of aryl methyl sites for hydroxylation is 1. The summed E-state index contributed by atoms with van der Waals surface area (Å²) in [4.78, 5) is 15.3. The van der Waals surface area contributed by atoms with Crippen molar-refractivity contribution < 1.29 is 4.79 Å².